The Morgan fingerprint density at radius 2 is 1.79 bits per heavy atom. The van der Waals surface area contributed by atoms with E-state index < -0.39 is 0 Å². The third kappa shape index (κ3) is 3.94. The molecule has 0 saturated carbocycles. The van der Waals surface area contributed by atoms with Crippen LogP contribution in [0.5, 0.6) is 0 Å². The van der Waals surface area contributed by atoms with Crippen molar-refractivity contribution in [1.82, 2.24) is 9.97 Å². The smallest absolute Gasteiger partial charge is 0.223 e. The Labute approximate surface area is 131 Å². The molecule has 0 radical (unpaired) electrons. The Morgan fingerprint density at radius 1 is 1.16 bits per heavy atom. The molecule has 19 heavy (non-hydrogen) atoms. The van der Waals surface area contributed by atoms with E-state index in [4.69, 9.17) is 11.6 Å². The van der Waals surface area contributed by atoms with Gasteiger partial charge in [-0.3, -0.25) is 0 Å². The topological polar surface area (TPSA) is 25.8 Å². The summed E-state index contributed by atoms with van der Waals surface area (Å²) in [5, 5.41) is 1.08. The van der Waals surface area contributed by atoms with Crippen molar-refractivity contribution in [3.63, 3.8) is 0 Å². The van der Waals surface area contributed by atoms with Crippen molar-refractivity contribution in [1.29, 1.82) is 0 Å². The van der Waals surface area contributed by atoms with E-state index in [1.807, 2.05) is 0 Å². The van der Waals surface area contributed by atoms with Crippen LogP contribution in [0.15, 0.2) is 44.9 Å². The lowest BCUT2D eigenvalue weighted by Crippen LogP contribution is -2.10. The van der Waals surface area contributed by atoms with Crippen LogP contribution in [0.25, 0.3) is 0 Å². The highest BCUT2D eigenvalue weighted by molar-refractivity contribution is 9.10. The number of hydrogen-bond acceptors (Lipinski definition) is 3. The van der Waals surface area contributed by atoms with E-state index in [-0.39, 0.29) is 10.7 Å². The second-order valence-electron chi connectivity index (χ2n) is 5.17. The number of aromatic nitrogens is 2. The maximum absolute atomic E-state index is 5.81. The van der Waals surface area contributed by atoms with Crippen LogP contribution >= 0.6 is 39.3 Å². The standard InChI is InChI=1S/C14H14BrClN2S/c1-14(2,3)9-4-6-10(7-5-9)19-12-11(15)8-17-13(16)18-12/h4-8H,1-3H3. The molecule has 0 spiro atoms. The maximum atomic E-state index is 5.81. The molecule has 0 bridgehead atoms. The van der Waals surface area contributed by atoms with E-state index in [1.54, 1.807) is 18.0 Å². The van der Waals surface area contributed by atoms with Gasteiger partial charge in [-0.2, -0.15) is 0 Å². The van der Waals surface area contributed by atoms with Crippen molar-refractivity contribution >= 4 is 39.3 Å². The SMILES string of the molecule is CC(C)(C)c1ccc(Sc2nc(Cl)ncc2Br)cc1. The molecule has 0 aliphatic rings. The van der Waals surface area contributed by atoms with Gasteiger partial charge >= 0.3 is 0 Å². The van der Waals surface area contributed by atoms with Crippen LogP contribution in [0, 0.1) is 0 Å². The second kappa shape index (κ2) is 5.81. The van der Waals surface area contributed by atoms with Crippen molar-refractivity contribution in [3.05, 3.63) is 45.8 Å². The number of nitrogens with zero attached hydrogens (tertiary/aromatic N) is 2. The highest BCUT2D eigenvalue weighted by atomic mass is 79.9. The minimum atomic E-state index is 0.169. The van der Waals surface area contributed by atoms with Gasteiger partial charge in [0, 0.05) is 11.1 Å². The van der Waals surface area contributed by atoms with Gasteiger partial charge in [-0.05, 0) is 50.6 Å². The van der Waals surface area contributed by atoms with Crippen LogP contribution in [0.4, 0.5) is 0 Å². The summed E-state index contributed by atoms with van der Waals surface area (Å²) in [4.78, 5) is 9.26. The summed E-state index contributed by atoms with van der Waals surface area (Å²) >= 11 is 10.8. The van der Waals surface area contributed by atoms with Crippen molar-refractivity contribution < 1.29 is 0 Å². The quantitative estimate of drug-likeness (QED) is 0.536. The predicted octanol–water partition coefficient (Wildman–Crippen LogP) is 5.34. The summed E-state index contributed by atoms with van der Waals surface area (Å²) < 4.78 is 0.849. The van der Waals surface area contributed by atoms with Gasteiger partial charge < -0.3 is 0 Å². The first-order chi connectivity index (χ1) is 8.86. The van der Waals surface area contributed by atoms with Gasteiger partial charge in [0.05, 0.1) is 4.47 Å². The van der Waals surface area contributed by atoms with Crippen LogP contribution < -0.4 is 0 Å². The van der Waals surface area contributed by atoms with Crippen LogP contribution in [-0.4, -0.2) is 9.97 Å². The van der Waals surface area contributed by atoms with E-state index in [0.717, 1.165) is 14.4 Å². The molecular formula is C14H14BrClN2S. The van der Waals surface area contributed by atoms with E-state index in [9.17, 15) is 0 Å². The van der Waals surface area contributed by atoms with Gasteiger partial charge in [0.2, 0.25) is 5.28 Å². The molecule has 0 saturated heterocycles. The molecule has 5 heteroatoms. The van der Waals surface area contributed by atoms with E-state index >= 15 is 0 Å². The summed E-state index contributed by atoms with van der Waals surface area (Å²) in [5.74, 6) is 0. The van der Waals surface area contributed by atoms with Crippen molar-refractivity contribution in [2.24, 2.45) is 0 Å². The molecule has 2 rings (SSSR count). The fraction of sp³-hybridized carbons (Fsp3) is 0.286. The van der Waals surface area contributed by atoms with Gasteiger partial charge in [0.25, 0.3) is 0 Å². The van der Waals surface area contributed by atoms with Crippen LogP contribution in [0.2, 0.25) is 5.28 Å². The monoisotopic (exact) mass is 356 g/mol. The molecule has 0 aliphatic heterocycles. The normalized spacial score (nSPS) is 11.6. The first kappa shape index (κ1) is 14.8. The highest BCUT2D eigenvalue weighted by Gasteiger charge is 2.13. The Hall–Kier alpha value is -0.580. The Bertz CT molecular complexity index is 579. The predicted molar refractivity (Wildman–Crippen MR) is 84.0 cm³/mol. The zero-order valence-corrected chi connectivity index (χ0v) is 14.1. The van der Waals surface area contributed by atoms with Crippen LogP contribution in [-0.2, 0) is 5.41 Å². The van der Waals surface area contributed by atoms with Crippen LogP contribution in [0.3, 0.4) is 0 Å². The van der Waals surface area contributed by atoms with Gasteiger partial charge in [-0.1, -0.05) is 44.7 Å². The summed E-state index contributed by atoms with van der Waals surface area (Å²) in [6.07, 6.45) is 1.67. The molecule has 2 nitrogen and oxygen atoms in total. The van der Waals surface area contributed by atoms with E-state index in [2.05, 4.69) is 70.9 Å². The number of rotatable bonds is 2. The third-order valence-electron chi connectivity index (χ3n) is 2.62. The molecule has 2 aromatic rings. The molecule has 0 N–H and O–H groups in total. The molecule has 0 amide bonds. The lowest BCUT2D eigenvalue weighted by atomic mass is 9.87. The minimum Gasteiger partial charge on any atom is -0.225 e. The van der Waals surface area contributed by atoms with Gasteiger partial charge in [-0.25, -0.2) is 9.97 Å². The Morgan fingerprint density at radius 3 is 2.37 bits per heavy atom. The molecule has 0 atom stereocenters. The van der Waals surface area contributed by atoms with Crippen molar-refractivity contribution in [3.8, 4) is 0 Å². The molecule has 100 valence electrons. The fourth-order valence-corrected chi connectivity index (χ4v) is 2.93. The molecule has 1 aromatic heterocycles. The van der Waals surface area contributed by atoms with Crippen molar-refractivity contribution in [2.45, 2.75) is 36.1 Å². The van der Waals surface area contributed by atoms with E-state index in [1.165, 1.54) is 5.56 Å². The lowest BCUT2D eigenvalue weighted by molar-refractivity contribution is 0.590. The summed E-state index contributed by atoms with van der Waals surface area (Å²) in [6, 6.07) is 8.51. The molecule has 0 fully saturated rings. The number of halogens is 2. The summed E-state index contributed by atoms with van der Waals surface area (Å²) in [7, 11) is 0. The summed E-state index contributed by atoms with van der Waals surface area (Å²) in [6.45, 7) is 6.61. The highest BCUT2D eigenvalue weighted by Crippen LogP contribution is 2.33. The molecule has 1 heterocycles. The largest absolute Gasteiger partial charge is 0.225 e. The molecule has 1 aromatic carbocycles. The Kier molecular flexibility index (Phi) is 4.54. The Balaban J connectivity index is 2.22. The van der Waals surface area contributed by atoms with Gasteiger partial charge in [-0.15, -0.1) is 0 Å². The summed E-state index contributed by atoms with van der Waals surface area (Å²) in [5.41, 5.74) is 1.48. The van der Waals surface area contributed by atoms with Crippen molar-refractivity contribution in [2.75, 3.05) is 0 Å². The van der Waals surface area contributed by atoms with E-state index in [0.29, 0.717) is 0 Å². The molecule has 0 unspecified atom stereocenters. The maximum Gasteiger partial charge on any atom is 0.223 e. The van der Waals surface area contributed by atoms with Crippen LogP contribution in [0.1, 0.15) is 26.3 Å². The number of benzene rings is 1. The average molecular weight is 358 g/mol. The second-order valence-corrected chi connectivity index (χ2v) is 7.42. The molecular weight excluding hydrogens is 344 g/mol. The fourth-order valence-electron chi connectivity index (χ4n) is 1.54. The van der Waals surface area contributed by atoms with Gasteiger partial charge in [0.1, 0.15) is 5.03 Å². The average Bonchev–Trinajstić information content (AvgIpc) is 2.33. The first-order valence-corrected chi connectivity index (χ1v) is 7.81. The molecule has 0 aliphatic carbocycles. The lowest BCUT2D eigenvalue weighted by Gasteiger charge is -2.19. The zero-order valence-electron chi connectivity index (χ0n) is 10.9. The number of hydrogen-bond donors (Lipinski definition) is 0. The first-order valence-electron chi connectivity index (χ1n) is 5.83. The zero-order chi connectivity index (χ0) is 14.0. The minimum absolute atomic E-state index is 0.169. The third-order valence-corrected chi connectivity index (χ3v) is 4.65. The van der Waals surface area contributed by atoms with Gasteiger partial charge in [0.15, 0.2) is 0 Å².